The summed E-state index contributed by atoms with van der Waals surface area (Å²) in [5.41, 5.74) is 1.14. The van der Waals surface area contributed by atoms with Gasteiger partial charge in [0.05, 0.1) is 11.2 Å². The van der Waals surface area contributed by atoms with Crippen LogP contribution in [0.15, 0.2) is 12.4 Å². The molecule has 0 saturated carbocycles. The molecular formula is C13H18ClN5O. The molecular weight excluding hydrogens is 278 g/mol. The van der Waals surface area contributed by atoms with Crippen LogP contribution < -0.4 is 5.32 Å². The fourth-order valence-corrected chi connectivity index (χ4v) is 2.16. The van der Waals surface area contributed by atoms with Gasteiger partial charge in [0.1, 0.15) is 5.82 Å². The van der Waals surface area contributed by atoms with Crippen LogP contribution >= 0.6 is 11.6 Å². The predicted molar refractivity (Wildman–Crippen MR) is 78.0 cm³/mol. The van der Waals surface area contributed by atoms with Crippen LogP contribution in [-0.4, -0.2) is 25.5 Å². The molecule has 0 saturated heterocycles. The number of hydrogen-bond acceptors (Lipinski definition) is 3. The second kappa shape index (κ2) is 6.09. The van der Waals surface area contributed by atoms with Gasteiger partial charge in [0.15, 0.2) is 5.69 Å². The average Bonchev–Trinajstić information content (AvgIpc) is 2.91. The highest BCUT2D eigenvalue weighted by molar-refractivity contribution is 6.34. The number of unbranched alkanes of at least 4 members (excludes halogenated alkanes) is 1. The zero-order valence-electron chi connectivity index (χ0n) is 11.9. The summed E-state index contributed by atoms with van der Waals surface area (Å²) >= 11 is 5.98. The van der Waals surface area contributed by atoms with Crippen LogP contribution in [0.3, 0.4) is 0 Å². The molecule has 20 heavy (non-hydrogen) atoms. The van der Waals surface area contributed by atoms with E-state index in [1.807, 2.05) is 6.92 Å². The first-order chi connectivity index (χ1) is 9.52. The van der Waals surface area contributed by atoms with Gasteiger partial charge < -0.3 is 5.32 Å². The number of anilines is 1. The number of amides is 1. The van der Waals surface area contributed by atoms with Gasteiger partial charge in [-0.3, -0.25) is 9.48 Å². The number of nitrogens with zero attached hydrogens (tertiary/aromatic N) is 4. The maximum atomic E-state index is 12.2. The lowest BCUT2D eigenvalue weighted by Gasteiger charge is -2.09. The Kier molecular flexibility index (Phi) is 4.44. The molecule has 1 amide bonds. The van der Waals surface area contributed by atoms with Crippen molar-refractivity contribution >= 4 is 23.3 Å². The lowest BCUT2D eigenvalue weighted by molar-refractivity contribution is 0.102. The van der Waals surface area contributed by atoms with Crippen LogP contribution in [0.5, 0.6) is 0 Å². The number of nitrogens with one attached hydrogen (secondary N) is 1. The molecule has 0 fully saturated rings. The van der Waals surface area contributed by atoms with E-state index in [-0.39, 0.29) is 11.6 Å². The summed E-state index contributed by atoms with van der Waals surface area (Å²) in [6, 6.07) is 0. The van der Waals surface area contributed by atoms with E-state index < -0.39 is 0 Å². The van der Waals surface area contributed by atoms with E-state index in [9.17, 15) is 4.79 Å². The van der Waals surface area contributed by atoms with Gasteiger partial charge in [-0.15, -0.1) is 0 Å². The molecule has 0 atom stereocenters. The van der Waals surface area contributed by atoms with Crippen molar-refractivity contribution in [2.45, 2.75) is 33.2 Å². The second-order valence-electron chi connectivity index (χ2n) is 4.71. The summed E-state index contributed by atoms with van der Waals surface area (Å²) in [5, 5.41) is 11.5. The van der Waals surface area contributed by atoms with Crippen molar-refractivity contribution in [3.63, 3.8) is 0 Å². The first-order valence-electron chi connectivity index (χ1n) is 6.55. The van der Waals surface area contributed by atoms with E-state index in [4.69, 9.17) is 11.6 Å². The van der Waals surface area contributed by atoms with Gasteiger partial charge >= 0.3 is 0 Å². The van der Waals surface area contributed by atoms with Crippen molar-refractivity contribution in [1.82, 2.24) is 19.6 Å². The lowest BCUT2D eigenvalue weighted by Crippen LogP contribution is -2.17. The average molecular weight is 296 g/mol. The molecule has 6 nitrogen and oxygen atoms in total. The smallest absolute Gasteiger partial charge is 0.278 e. The molecule has 7 heteroatoms. The van der Waals surface area contributed by atoms with Crippen molar-refractivity contribution in [3.8, 4) is 0 Å². The Balaban J connectivity index is 2.19. The van der Waals surface area contributed by atoms with Crippen molar-refractivity contribution in [1.29, 1.82) is 0 Å². The summed E-state index contributed by atoms with van der Waals surface area (Å²) < 4.78 is 3.31. The summed E-state index contributed by atoms with van der Waals surface area (Å²) in [4.78, 5) is 12.2. The molecule has 0 radical (unpaired) electrons. The second-order valence-corrected chi connectivity index (χ2v) is 5.11. The zero-order chi connectivity index (χ0) is 14.7. The molecule has 2 rings (SSSR count). The maximum Gasteiger partial charge on any atom is 0.278 e. The van der Waals surface area contributed by atoms with Gasteiger partial charge in [0.25, 0.3) is 5.91 Å². The minimum absolute atomic E-state index is 0.219. The number of rotatable bonds is 5. The van der Waals surface area contributed by atoms with E-state index in [1.165, 1.54) is 4.68 Å². The van der Waals surface area contributed by atoms with Crippen molar-refractivity contribution in [2.24, 2.45) is 7.05 Å². The van der Waals surface area contributed by atoms with E-state index in [2.05, 4.69) is 22.4 Å². The highest BCUT2D eigenvalue weighted by Crippen LogP contribution is 2.18. The fourth-order valence-electron chi connectivity index (χ4n) is 1.90. The van der Waals surface area contributed by atoms with Crippen LogP contribution in [0.4, 0.5) is 5.82 Å². The Morgan fingerprint density at radius 2 is 2.25 bits per heavy atom. The third-order valence-electron chi connectivity index (χ3n) is 2.98. The normalized spacial score (nSPS) is 10.8. The summed E-state index contributed by atoms with van der Waals surface area (Å²) in [5.74, 6) is 0.377. The molecule has 2 aromatic heterocycles. The van der Waals surface area contributed by atoms with Gasteiger partial charge in [0.2, 0.25) is 0 Å². The SMILES string of the molecule is CCCCn1ncc(C)c1NC(=O)c1nn(C)cc1Cl. The van der Waals surface area contributed by atoms with E-state index >= 15 is 0 Å². The quantitative estimate of drug-likeness (QED) is 0.922. The third kappa shape index (κ3) is 3.01. The van der Waals surface area contributed by atoms with Crippen molar-refractivity contribution in [3.05, 3.63) is 28.7 Å². The summed E-state index contributed by atoms with van der Waals surface area (Å²) in [7, 11) is 1.72. The number of aromatic nitrogens is 4. The molecule has 0 bridgehead atoms. The van der Waals surface area contributed by atoms with Crippen LogP contribution in [0.2, 0.25) is 5.02 Å². The molecule has 2 heterocycles. The number of carbonyl (C=O) groups excluding carboxylic acids is 1. The first-order valence-corrected chi connectivity index (χ1v) is 6.93. The maximum absolute atomic E-state index is 12.2. The van der Waals surface area contributed by atoms with Gasteiger partial charge in [-0.05, 0) is 13.3 Å². The molecule has 2 aromatic rings. The van der Waals surface area contributed by atoms with Gasteiger partial charge in [-0.2, -0.15) is 10.2 Å². The largest absolute Gasteiger partial charge is 0.305 e. The Morgan fingerprint density at radius 3 is 2.85 bits per heavy atom. The topological polar surface area (TPSA) is 64.7 Å². The minimum Gasteiger partial charge on any atom is -0.305 e. The molecule has 0 unspecified atom stereocenters. The van der Waals surface area contributed by atoms with E-state index in [0.29, 0.717) is 10.8 Å². The van der Waals surface area contributed by atoms with Crippen LogP contribution in [-0.2, 0) is 13.6 Å². The standard InChI is InChI=1S/C13H18ClN5O/c1-4-5-6-19-12(9(2)7-15-19)16-13(20)11-10(14)8-18(3)17-11/h7-8H,4-6H2,1-3H3,(H,16,20). The molecule has 0 aliphatic rings. The summed E-state index contributed by atoms with van der Waals surface area (Å²) in [6.07, 6.45) is 5.41. The van der Waals surface area contributed by atoms with E-state index in [0.717, 1.165) is 24.9 Å². The highest BCUT2D eigenvalue weighted by Gasteiger charge is 2.17. The molecule has 1 N–H and O–H groups in total. The zero-order valence-corrected chi connectivity index (χ0v) is 12.6. The number of carbonyl (C=O) groups is 1. The Morgan fingerprint density at radius 1 is 1.50 bits per heavy atom. The van der Waals surface area contributed by atoms with Crippen molar-refractivity contribution in [2.75, 3.05) is 5.32 Å². The lowest BCUT2D eigenvalue weighted by atomic mass is 10.3. The van der Waals surface area contributed by atoms with Crippen LogP contribution in [0, 0.1) is 6.92 Å². The fraction of sp³-hybridized carbons (Fsp3) is 0.462. The first kappa shape index (κ1) is 14.6. The molecule has 0 aliphatic carbocycles. The van der Waals surface area contributed by atoms with Crippen LogP contribution in [0.25, 0.3) is 0 Å². The Bertz CT molecular complexity index is 616. The van der Waals surface area contributed by atoms with E-state index in [1.54, 1.807) is 24.1 Å². The molecule has 108 valence electrons. The number of hydrogen-bond donors (Lipinski definition) is 1. The molecule has 0 spiro atoms. The highest BCUT2D eigenvalue weighted by atomic mass is 35.5. The van der Waals surface area contributed by atoms with Crippen LogP contribution in [0.1, 0.15) is 35.8 Å². The number of halogens is 1. The van der Waals surface area contributed by atoms with Gasteiger partial charge in [-0.1, -0.05) is 24.9 Å². The third-order valence-corrected chi connectivity index (χ3v) is 3.25. The number of aryl methyl sites for hydroxylation is 3. The van der Waals surface area contributed by atoms with Gasteiger partial charge in [0, 0.05) is 25.4 Å². The predicted octanol–water partition coefficient (Wildman–Crippen LogP) is 2.63. The van der Waals surface area contributed by atoms with Gasteiger partial charge in [-0.25, -0.2) is 4.68 Å². The Hall–Kier alpha value is -1.82. The molecule has 0 aliphatic heterocycles. The Labute approximate surface area is 122 Å². The van der Waals surface area contributed by atoms with Crippen molar-refractivity contribution < 1.29 is 4.79 Å². The minimum atomic E-state index is -0.322. The summed E-state index contributed by atoms with van der Waals surface area (Å²) in [6.45, 7) is 4.79. The molecule has 0 aromatic carbocycles. The monoisotopic (exact) mass is 295 g/mol.